The summed E-state index contributed by atoms with van der Waals surface area (Å²) < 4.78 is 19.7. The molecule has 0 saturated carbocycles. The molecule has 1 N–H and O–H groups in total. The number of aromatic nitrogens is 2. The summed E-state index contributed by atoms with van der Waals surface area (Å²) in [5.74, 6) is -1.83. The smallest absolute Gasteiger partial charge is 0.357 e. The predicted octanol–water partition coefficient (Wildman–Crippen LogP) is 3.10. The van der Waals surface area contributed by atoms with E-state index in [0.717, 1.165) is 0 Å². The van der Waals surface area contributed by atoms with Gasteiger partial charge in [0.05, 0.1) is 17.4 Å². The number of benzene rings is 2. The van der Waals surface area contributed by atoms with Crippen LogP contribution in [0.2, 0.25) is 0 Å². The molecule has 1 atom stereocenters. The molecule has 10 heteroatoms. The largest absolute Gasteiger partial charge is 0.448 e. The van der Waals surface area contributed by atoms with E-state index in [1.54, 1.807) is 0 Å². The van der Waals surface area contributed by atoms with Crippen molar-refractivity contribution < 1.29 is 23.6 Å². The van der Waals surface area contributed by atoms with Gasteiger partial charge in [-0.25, -0.2) is 14.2 Å². The number of anilines is 1. The number of carbonyl (C=O) groups excluding carboxylic acids is 2. The number of nitro benzene ring substituents is 1. The second-order valence-electron chi connectivity index (χ2n) is 5.97. The third-order valence-corrected chi connectivity index (χ3v) is 3.95. The second-order valence-corrected chi connectivity index (χ2v) is 5.97. The van der Waals surface area contributed by atoms with Crippen molar-refractivity contribution in [2.24, 2.45) is 0 Å². The van der Waals surface area contributed by atoms with Crippen LogP contribution in [0, 0.1) is 15.9 Å². The normalized spacial score (nSPS) is 11.5. The number of nitrogens with one attached hydrogen (secondary N) is 1. The zero-order valence-corrected chi connectivity index (χ0v) is 15.1. The zero-order valence-electron chi connectivity index (χ0n) is 15.1. The molecule has 2 aromatic carbocycles. The number of hydrogen-bond donors (Lipinski definition) is 1. The molecule has 0 bridgehead atoms. The lowest BCUT2D eigenvalue weighted by atomic mass is 10.2. The molecule has 0 aliphatic rings. The Morgan fingerprint density at radius 2 is 1.83 bits per heavy atom. The molecule has 1 aromatic heterocycles. The van der Waals surface area contributed by atoms with Gasteiger partial charge in [-0.1, -0.05) is 0 Å². The number of nitro groups is 1. The van der Waals surface area contributed by atoms with Gasteiger partial charge >= 0.3 is 5.97 Å². The molecule has 0 radical (unpaired) electrons. The van der Waals surface area contributed by atoms with E-state index in [1.807, 2.05) is 0 Å². The van der Waals surface area contributed by atoms with E-state index in [4.69, 9.17) is 4.74 Å². The van der Waals surface area contributed by atoms with E-state index < -0.39 is 28.7 Å². The minimum atomic E-state index is -1.14. The lowest BCUT2D eigenvalue weighted by Gasteiger charge is -2.14. The van der Waals surface area contributed by atoms with Crippen LogP contribution in [0.3, 0.4) is 0 Å². The van der Waals surface area contributed by atoms with Gasteiger partial charge < -0.3 is 10.1 Å². The maximum absolute atomic E-state index is 13.1. The van der Waals surface area contributed by atoms with Crippen LogP contribution in [0.1, 0.15) is 17.4 Å². The summed E-state index contributed by atoms with van der Waals surface area (Å²) >= 11 is 0. The van der Waals surface area contributed by atoms with Crippen LogP contribution < -0.4 is 5.32 Å². The van der Waals surface area contributed by atoms with Gasteiger partial charge in [-0.15, -0.1) is 0 Å². The molecule has 0 aliphatic heterocycles. The molecule has 148 valence electrons. The highest BCUT2D eigenvalue weighted by Crippen LogP contribution is 2.17. The SMILES string of the molecule is C[C@@H](OC(=O)c1cncn1-c1ccc(F)cc1)C(=O)Nc1ccc([N+](=O)[O-])cc1. The number of carbonyl (C=O) groups is 2. The van der Waals surface area contributed by atoms with Crippen molar-refractivity contribution in [2.75, 3.05) is 5.32 Å². The Hall–Kier alpha value is -4.08. The molecule has 0 saturated heterocycles. The van der Waals surface area contributed by atoms with Gasteiger partial charge in [-0.2, -0.15) is 0 Å². The highest BCUT2D eigenvalue weighted by atomic mass is 19.1. The molecule has 9 nitrogen and oxygen atoms in total. The summed E-state index contributed by atoms with van der Waals surface area (Å²) in [7, 11) is 0. The van der Waals surface area contributed by atoms with Crippen LogP contribution in [0.15, 0.2) is 61.1 Å². The number of rotatable bonds is 6. The maximum atomic E-state index is 13.1. The van der Waals surface area contributed by atoms with E-state index >= 15 is 0 Å². The zero-order chi connectivity index (χ0) is 21.0. The first-order chi connectivity index (χ1) is 13.8. The van der Waals surface area contributed by atoms with Crippen LogP contribution in [-0.4, -0.2) is 32.5 Å². The van der Waals surface area contributed by atoms with Gasteiger partial charge in [-0.05, 0) is 43.3 Å². The van der Waals surface area contributed by atoms with Gasteiger partial charge in [0.25, 0.3) is 11.6 Å². The van der Waals surface area contributed by atoms with Crippen LogP contribution in [-0.2, 0) is 9.53 Å². The highest BCUT2D eigenvalue weighted by molar-refractivity contribution is 5.97. The number of halogens is 1. The third kappa shape index (κ3) is 4.61. The summed E-state index contributed by atoms with van der Waals surface area (Å²) in [5, 5.41) is 13.2. The van der Waals surface area contributed by atoms with Crippen molar-refractivity contribution in [3.8, 4) is 5.69 Å². The molecule has 3 rings (SSSR count). The summed E-state index contributed by atoms with van der Waals surface area (Å²) in [6, 6.07) is 10.6. The number of esters is 1. The van der Waals surface area contributed by atoms with E-state index in [1.165, 1.54) is 72.5 Å². The average molecular weight is 398 g/mol. The van der Waals surface area contributed by atoms with Gasteiger partial charge in [-0.3, -0.25) is 19.5 Å². The summed E-state index contributed by atoms with van der Waals surface area (Å²) in [6.07, 6.45) is 1.49. The molecular weight excluding hydrogens is 383 g/mol. The first-order valence-electron chi connectivity index (χ1n) is 8.40. The Morgan fingerprint density at radius 3 is 2.45 bits per heavy atom. The Kier molecular flexibility index (Phi) is 5.63. The minimum absolute atomic E-state index is 0.0617. The van der Waals surface area contributed by atoms with Crippen LogP contribution in [0.5, 0.6) is 0 Å². The van der Waals surface area contributed by atoms with Crippen molar-refractivity contribution in [3.05, 3.63) is 82.7 Å². The van der Waals surface area contributed by atoms with E-state index in [2.05, 4.69) is 10.3 Å². The van der Waals surface area contributed by atoms with E-state index in [-0.39, 0.29) is 11.4 Å². The molecule has 0 unspecified atom stereocenters. The molecule has 0 aliphatic carbocycles. The Morgan fingerprint density at radius 1 is 1.17 bits per heavy atom. The number of ether oxygens (including phenoxy) is 1. The third-order valence-electron chi connectivity index (χ3n) is 3.95. The second kappa shape index (κ2) is 8.30. The maximum Gasteiger partial charge on any atom is 0.357 e. The van der Waals surface area contributed by atoms with Crippen molar-refractivity contribution in [1.82, 2.24) is 9.55 Å². The monoisotopic (exact) mass is 398 g/mol. The van der Waals surface area contributed by atoms with Crippen LogP contribution in [0.4, 0.5) is 15.8 Å². The fourth-order valence-electron chi connectivity index (χ4n) is 2.44. The van der Waals surface area contributed by atoms with Crippen molar-refractivity contribution in [1.29, 1.82) is 0 Å². The number of imidazole rings is 1. The number of non-ortho nitro benzene ring substituents is 1. The van der Waals surface area contributed by atoms with Gasteiger partial charge in [0.15, 0.2) is 11.8 Å². The summed E-state index contributed by atoms with van der Waals surface area (Å²) in [4.78, 5) is 38.7. The first-order valence-corrected chi connectivity index (χ1v) is 8.40. The minimum Gasteiger partial charge on any atom is -0.448 e. The molecule has 1 heterocycles. The Bertz CT molecular complexity index is 1050. The Labute approximate surface area is 163 Å². The molecule has 29 heavy (non-hydrogen) atoms. The van der Waals surface area contributed by atoms with Crippen molar-refractivity contribution in [2.45, 2.75) is 13.0 Å². The highest BCUT2D eigenvalue weighted by Gasteiger charge is 2.22. The molecule has 3 aromatic rings. The lowest BCUT2D eigenvalue weighted by molar-refractivity contribution is -0.384. The standard InChI is InChI=1S/C19H15FN4O5/c1-12(18(25)22-14-4-8-16(9-5-14)24(27)28)29-19(26)17-10-21-11-23(17)15-6-2-13(20)3-7-15/h2-12H,1H3,(H,22,25)/t12-/m1/s1. The number of nitrogens with zero attached hydrogens (tertiary/aromatic N) is 3. The summed E-state index contributed by atoms with van der Waals surface area (Å²) in [5.41, 5.74) is 0.766. The topological polar surface area (TPSA) is 116 Å². The van der Waals surface area contributed by atoms with Gasteiger partial charge in [0, 0.05) is 23.5 Å². The van der Waals surface area contributed by atoms with Gasteiger partial charge in [0.2, 0.25) is 0 Å². The predicted molar refractivity (Wildman–Crippen MR) is 100 cm³/mol. The van der Waals surface area contributed by atoms with Crippen LogP contribution in [0.25, 0.3) is 5.69 Å². The molecule has 0 spiro atoms. The van der Waals surface area contributed by atoms with E-state index in [9.17, 15) is 24.1 Å². The molecule has 1 amide bonds. The number of hydrogen-bond acceptors (Lipinski definition) is 6. The van der Waals surface area contributed by atoms with Crippen LogP contribution >= 0.6 is 0 Å². The van der Waals surface area contributed by atoms with Crippen molar-refractivity contribution >= 4 is 23.3 Å². The number of amides is 1. The summed E-state index contributed by atoms with van der Waals surface area (Å²) in [6.45, 7) is 1.39. The molecule has 0 fully saturated rings. The molecular formula is C19H15FN4O5. The quantitative estimate of drug-likeness (QED) is 0.387. The fourth-order valence-corrected chi connectivity index (χ4v) is 2.44. The fraction of sp³-hybridized carbons (Fsp3) is 0.105. The van der Waals surface area contributed by atoms with E-state index in [0.29, 0.717) is 11.4 Å². The average Bonchev–Trinajstić information content (AvgIpc) is 3.19. The van der Waals surface area contributed by atoms with Gasteiger partial charge in [0.1, 0.15) is 5.82 Å². The first kappa shape index (κ1) is 19.7. The Balaban J connectivity index is 1.66. The lowest BCUT2D eigenvalue weighted by Crippen LogP contribution is -2.30. The van der Waals surface area contributed by atoms with Crippen molar-refractivity contribution in [3.63, 3.8) is 0 Å².